The molecule has 15 nitrogen and oxygen atoms in total. The molecule has 2 aliphatic rings. The summed E-state index contributed by atoms with van der Waals surface area (Å²) >= 11 is 0. The summed E-state index contributed by atoms with van der Waals surface area (Å²) in [4.78, 5) is 53.0. The number of ether oxygens (including phenoxy) is 2. The van der Waals surface area contributed by atoms with Crippen LogP contribution in [0.2, 0.25) is 0 Å². The number of benzene rings is 2. The minimum atomic E-state index is -0.716. The van der Waals surface area contributed by atoms with Gasteiger partial charge >= 0.3 is 0 Å². The van der Waals surface area contributed by atoms with Crippen molar-refractivity contribution in [3.05, 3.63) is 70.9 Å². The predicted octanol–water partition coefficient (Wildman–Crippen LogP) is 3.30. The van der Waals surface area contributed by atoms with Crippen LogP contribution >= 0.6 is 0 Å². The molecule has 0 spiro atoms. The minimum absolute atomic E-state index is 0.203. The van der Waals surface area contributed by atoms with E-state index in [1.54, 1.807) is 6.20 Å². The molecule has 3 aromatic rings. The van der Waals surface area contributed by atoms with E-state index < -0.39 is 11.9 Å². The first-order valence-electron chi connectivity index (χ1n) is 19.7. The lowest BCUT2D eigenvalue weighted by Crippen LogP contribution is -2.52. The maximum absolute atomic E-state index is 12.4. The highest BCUT2D eigenvalue weighted by Gasteiger charge is 2.33. The number of anilines is 4. The normalized spacial score (nSPS) is 16.4. The summed E-state index contributed by atoms with van der Waals surface area (Å²) < 4.78 is 11.7. The maximum atomic E-state index is 12.4. The van der Waals surface area contributed by atoms with E-state index in [9.17, 15) is 14.4 Å². The lowest BCUT2D eigenvalue weighted by Gasteiger charge is -2.34. The van der Waals surface area contributed by atoms with Crippen LogP contribution in [-0.4, -0.2) is 130 Å². The molecule has 15 heteroatoms. The lowest BCUT2D eigenvalue weighted by molar-refractivity contribution is -0.134. The van der Waals surface area contributed by atoms with Gasteiger partial charge in [-0.2, -0.15) is 4.98 Å². The quantitative estimate of drug-likeness (QED) is 0.0508. The molecule has 1 aromatic heterocycles. The second-order valence-corrected chi connectivity index (χ2v) is 14.5. The number of nitrogens with zero attached hydrogens (tertiary/aromatic N) is 6. The number of piperazine rings is 1. The molecule has 56 heavy (non-hydrogen) atoms. The third-order valence-corrected chi connectivity index (χ3v) is 10.2. The maximum Gasteiger partial charge on any atom is 0.249 e. The van der Waals surface area contributed by atoms with Crippen LogP contribution in [0.25, 0.3) is 0 Å². The minimum Gasteiger partial charge on any atom is -0.383 e. The van der Waals surface area contributed by atoms with Gasteiger partial charge in [-0.3, -0.25) is 34.9 Å². The van der Waals surface area contributed by atoms with E-state index in [-0.39, 0.29) is 12.3 Å². The number of carbonyl (C=O) groups is 3. The fourth-order valence-corrected chi connectivity index (χ4v) is 6.85. The Bertz CT molecular complexity index is 1760. The monoisotopic (exact) mass is 770 g/mol. The summed E-state index contributed by atoms with van der Waals surface area (Å²) in [5.41, 5.74) is 11.6. The molecule has 0 radical (unpaired) electrons. The molecule has 2 saturated heterocycles. The SMILES string of the molecule is CCCCNc1ncc(C(=N)c2ccc(CN3CCN(CCOCCOCCCc4ccc(N(C=O)[C@H]5CCC(=O)NC5=O)c(N(C)C)c4)CC3)cc2)c(N)n1. The summed E-state index contributed by atoms with van der Waals surface area (Å²) in [5.74, 6) is 0.0327. The Morgan fingerprint density at radius 3 is 2.38 bits per heavy atom. The van der Waals surface area contributed by atoms with Crippen molar-refractivity contribution in [3.8, 4) is 0 Å². The van der Waals surface area contributed by atoms with Gasteiger partial charge in [-0.25, -0.2) is 4.98 Å². The second-order valence-electron chi connectivity index (χ2n) is 14.5. The zero-order chi connectivity index (χ0) is 39.9. The number of piperidine rings is 1. The number of imide groups is 1. The highest BCUT2D eigenvalue weighted by Crippen LogP contribution is 2.32. The molecule has 1 atom stereocenters. The van der Waals surface area contributed by atoms with Crippen molar-refractivity contribution >= 4 is 47.1 Å². The van der Waals surface area contributed by atoms with Crippen LogP contribution in [0.4, 0.5) is 23.1 Å². The molecule has 3 heterocycles. The number of nitrogen functional groups attached to an aromatic ring is 1. The number of carbonyl (C=O) groups excluding carboxylic acids is 3. The molecule has 0 unspecified atom stereocenters. The van der Waals surface area contributed by atoms with Gasteiger partial charge in [0.25, 0.3) is 0 Å². The highest BCUT2D eigenvalue weighted by atomic mass is 16.5. The molecule has 0 bridgehead atoms. The Balaban J connectivity index is 0.932. The van der Waals surface area contributed by atoms with Crippen LogP contribution in [-0.2, 0) is 36.8 Å². The van der Waals surface area contributed by atoms with E-state index >= 15 is 0 Å². The Kier molecular flexibility index (Phi) is 16.1. The van der Waals surface area contributed by atoms with Crippen molar-refractivity contribution in [3.63, 3.8) is 0 Å². The van der Waals surface area contributed by atoms with Crippen molar-refractivity contribution in [1.82, 2.24) is 25.1 Å². The van der Waals surface area contributed by atoms with E-state index in [4.69, 9.17) is 20.6 Å². The molecule has 0 saturated carbocycles. The van der Waals surface area contributed by atoms with Crippen LogP contribution < -0.4 is 26.2 Å². The molecular weight excluding hydrogens is 713 g/mol. The van der Waals surface area contributed by atoms with Gasteiger partial charge in [-0.05, 0) is 48.9 Å². The number of hydrogen-bond donors (Lipinski definition) is 4. The van der Waals surface area contributed by atoms with Gasteiger partial charge in [0, 0.05) is 84.7 Å². The Morgan fingerprint density at radius 2 is 1.70 bits per heavy atom. The van der Waals surface area contributed by atoms with Crippen molar-refractivity contribution < 1.29 is 23.9 Å². The largest absolute Gasteiger partial charge is 0.383 e. The van der Waals surface area contributed by atoms with Crippen molar-refractivity contribution in [1.29, 1.82) is 5.41 Å². The van der Waals surface area contributed by atoms with E-state index in [1.807, 2.05) is 49.3 Å². The van der Waals surface area contributed by atoms with E-state index in [2.05, 4.69) is 49.5 Å². The Morgan fingerprint density at radius 1 is 0.982 bits per heavy atom. The van der Waals surface area contributed by atoms with Gasteiger partial charge in [0.15, 0.2) is 0 Å². The molecule has 3 amide bonds. The predicted molar refractivity (Wildman–Crippen MR) is 219 cm³/mol. The third-order valence-electron chi connectivity index (χ3n) is 10.2. The van der Waals surface area contributed by atoms with E-state index in [0.717, 1.165) is 88.3 Å². The summed E-state index contributed by atoms with van der Waals surface area (Å²) in [6.45, 7) is 11.0. The highest BCUT2D eigenvalue weighted by molar-refractivity contribution is 6.13. The van der Waals surface area contributed by atoms with Gasteiger partial charge in [0.2, 0.25) is 24.2 Å². The summed E-state index contributed by atoms with van der Waals surface area (Å²) in [6, 6.07) is 13.3. The van der Waals surface area contributed by atoms with Gasteiger partial charge in [-0.1, -0.05) is 43.7 Å². The first-order chi connectivity index (χ1) is 27.2. The molecular formula is C41H58N10O5. The fraction of sp³-hybridized carbons (Fsp3) is 0.512. The van der Waals surface area contributed by atoms with Crippen molar-refractivity contribution in [2.24, 2.45) is 0 Å². The number of unbranched alkanes of at least 4 members (excludes halogenated alkanes) is 1. The number of amides is 3. The van der Waals surface area contributed by atoms with Crippen LogP contribution in [0.5, 0.6) is 0 Å². The number of aromatic nitrogens is 2. The smallest absolute Gasteiger partial charge is 0.249 e. The van der Waals surface area contributed by atoms with Crippen LogP contribution in [0.3, 0.4) is 0 Å². The Hall–Kier alpha value is -4.96. The number of hydrogen-bond acceptors (Lipinski definition) is 13. The van der Waals surface area contributed by atoms with Gasteiger partial charge < -0.3 is 30.3 Å². The van der Waals surface area contributed by atoms with E-state index in [1.165, 1.54) is 10.5 Å². The zero-order valence-electron chi connectivity index (χ0n) is 33.1. The van der Waals surface area contributed by atoms with Crippen molar-refractivity contribution in [2.75, 3.05) is 101 Å². The third kappa shape index (κ3) is 12.0. The average Bonchev–Trinajstić information content (AvgIpc) is 3.19. The summed E-state index contributed by atoms with van der Waals surface area (Å²) in [7, 11) is 3.80. The number of nitrogens with one attached hydrogen (secondary N) is 3. The molecule has 2 fully saturated rings. The van der Waals surface area contributed by atoms with Crippen LogP contribution in [0.1, 0.15) is 61.3 Å². The number of aryl methyl sites for hydroxylation is 1. The Labute approximate surface area is 330 Å². The molecule has 5 rings (SSSR count). The topological polar surface area (TPSA) is 182 Å². The summed E-state index contributed by atoms with van der Waals surface area (Å²) in [6.07, 6.45) is 6.55. The second kappa shape index (κ2) is 21.4. The molecule has 2 aliphatic heterocycles. The van der Waals surface area contributed by atoms with Crippen molar-refractivity contribution in [2.45, 2.75) is 58.0 Å². The lowest BCUT2D eigenvalue weighted by atomic mass is 10.0. The van der Waals surface area contributed by atoms with Crippen LogP contribution in [0, 0.1) is 5.41 Å². The first kappa shape index (κ1) is 42.2. The zero-order valence-corrected chi connectivity index (χ0v) is 33.1. The van der Waals surface area contributed by atoms with Gasteiger partial charge in [0.05, 0.1) is 42.5 Å². The number of rotatable bonds is 22. The first-order valence-corrected chi connectivity index (χ1v) is 19.7. The average molecular weight is 771 g/mol. The summed E-state index contributed by atoms with van der Waals surface area (Å²) in [5, 5.41) is 14.2. The molecule has 302 valence electrons. The fourth-order valence-electron chi connectivity index (χ4n) is 6.85. The van der Waals surface area contributed by atoms with Crippen LogP contribution in [0.15, 0.2) is 48.7 Å². The van der Waals surface area contributed by atoms with Gasteiger partial charge in [0.1, 0.15) is 11.9 Å². The number of nitrogens with two attached hydrogens (primary N) is 1. The van der Waals surface area contributed by atoms with Gasteiger partial charge in [-0.15, -0.1) is 0 Å². The molecule has 0 aliphatic carbocycles. The van der Waals surface area contributed by atoms with E-state index in [0.29, 0.717) is 68.0 Å². The molecule has 5 N–H and O–H groups in total. The molecule has 2 aromatic carbocycles. The standard InChI is InChI=1S/C41H58N10O5/c1-4-5-16-44-41-45-27-33(39(43)47-41)38(42)32-11-8-31(9-12-32)28-50-19-17-49(18-20-50)21-23-56-25-24-55-22-6-7-30-10-13-34(36(26-30)48(2)3)51(29-52)35-14-15-37(53)46-40(35)54/h8-13,26-27,29,35,42H,4-7,14-25,28H2,1-3H3,(H,46,53,54)(H3,43,44,45,47)/t35-/m0/s1.